The lowest BCUT2D eigenvalue weighted by molar-refractivity contribution is -0.132. The molecule has 0 fully saturated rings. The third kappa shape index (κ3) is 3.18. The fourth-order valence-corrected chi connectivity index (χ4v) is 1.30. The summed E-state index contributed by atoms with van der Waals surface area (Å²) in [5.41, 5.74) is 0.847. The summed E-state index contributed by atoms with van der Waals surface area (Å²) in [5.74, 6) is -1.54. The van der Waals surface area contributed by atoms with Crippen molar-refractivity contribution in [2.45, 2.75) is 0 Å². The lowest BCUT2D eigenvalue weighted by atomic mass is 10.2. The maximum atomic E-state index is 11.4. The van der Waals surface area contributed by atoms with Gasteiger partial charge in [0.25, 0.3) is 0 Å². The summed E-state index contributed by atoms with van der Waals surface area (Å²) in [4.78, 5) is 22.7. The van der Waals surface area contributed by atoms with Crippen molar-refractivity contribution >= 4 is 18.0 Å². The number of ether oxygens (including phenoxy) is 1. The Bertz CT molecular complexity index is 553. The Balaban J connectivity index is 1.93. The van der Waals surface area contributed by atoms with Gasteiger partial charge in [0.1, 0.15) is 0 Å². The molecule has 0 atom stereocenters. The number of furan rings is 1. The first-order valence-corrected chi connectivity index (χ1v) is 5.28. The summed E-state index contributed by atoms with van der Waals surface area (Å²) in [7, 11) is 0. The second-order valence-electron chi connectivity index (χ2n) is 3.43. The van der Waals surface area contributed by atoms with E-state index in [1.807, 2.05) is 30.3 Å². The zero-order chi connectivity index (χ0) is 12.8. The fourth-order valence-electron chi connectivity index (χ4n) is 1.30. The molecular weight excluding hydrogens is 232 g/mol. The molecule has 0 saturated heterocycles. The Kier molecular flexibility index (Phi) is 3.71. The first-order valence-electron chi connectivity index (χ1n) is 5.28. The molecule has 0 radical (unpaired) electrons. The molecule has 0 amide bonds. The van der Waals surface area contributed by atoms with E-state index in [2.05, 4.69) is 4.74 Å². The molecule has 0 N–H and O–H groups in total. The van der Waals surface area contributed by atoms with Crippen molar-refractivity contribution in [3.8, 4) is 0 Å². The van der Waals surface area contributed by atoms with Crippen molar-refractivity contribution in [2.75, 3.05) is 0 Å². The maximum absolute atomic E-state index is 11.4. The van der Waals surface area contributed by atoms with Crippen LogP contribution in [0.25, 0.3) is 6.08 Å². The Morgan fingerprint density at radius 3 is 2.50 bits per heavy atom. The number of hydrogen-bond acceptors (Lipinski definition) is 4. The molecule has 0 aliphatic carbocycles. The topological polar surface area (TPSA) is 56.5 Å². The average molecular weight is 242 g/mol. The molecule has 1 aromatic carbocycles. The predicted molar refractivity (Wildman–Crippen MR) is 64.6 cm³/mol. The van der Waals surface area contributed by atoms with E-state index in [1.54, 1.807) is 12.1 Å². The van der Waals surface area contributed by atoms with Crippen molar-refractivity contribution in [3.05, 3.63) is 66.1 Å². The first-order chi connectivity index (χ1) is 8.75. The van der Waals surface area contributed by atoms with Crippen molar-refractivity contribution in [2.24, 2.45) is 0 Å². The summed E-state index contributed by atoms with van der Waals surface area (Å²) in [5, 5.41) is 0. The highest BCUT2D eigenvalue weighted by Crippen LogP contribution is 2.04. The highest BCUT2D eigenvalue weighted by molar-refractivity contribution is 5.99. The van der Waals surface area contributed by atoms with Crippen LogP contribution in [0.3, 0.4) is 0 Å². The van der Waals surface area contributed by atoms with Gasteiger partial charge < -0.3 is 9.15 Å². The molecule has 0 aliphatic rings. The Morgan fingerprint density at radius 1 is 1.06 bits per heavy atom. The van der Waals surface area contributed by atoms with Gasteiger partial charge in [-0.1, -0.05) is 30.3 Å². The Labute approximate surface area is 103 Å². The summed E-state index contributed by atoms with van der Waals surface area (Å²) in [6.07, 6.45) is 4.09. The number of carbonyl (C=O) groups excluding carboxylic acids is 2. The number of hydrogen-bond donors (Lipinski definition) is 0. The molecule has 18 heavy (non-hydrogen) atoms. The van der Waals surface area contributed by atoms with Gasteiger partial charge in [0, 0.05) is 6.08 Å². The predicted octanol–water partition coefficient (Wildman–Crippen LogP) is 2.68. The number of rotatable bonds is 3. The number of benzene rings is 1. The van der Waals surface area contributed by atoms with E-state index in [9.17, 15) is 9.59 Å². The van der Waals surface area contributed by atoms with Crippen LogP contribution in [-0.2, 0) is 9.53 Å². The lowest BCUT2D eigenvalue weighted by Gasteiger charge is -1.96. The minimum absolute atomic E-state index is 0.00328. The molecular formula is C14H10O4. The second kappa shape index (κ2) is 5.63. The number of esters is 2. The standard InChI is InChI=1S/C14H10O4/c15-13(9-8-11-5-2-1-3-6-11)18-14(16)12-7-4-10-17-12/h1-10H/b9-8+. The molecule has 0 unspecified atom stereocenters. The van der Waals surface area contributed by atoms with E-state index in [0.29, 0.717) is 0 Å². The highest BCUT2D eigenvalue weighted by Gasteiger charge is 2.13. The number of carbonyl (C=O) groups is 2. The summed E-state index contributed by atoms with van der Waals surface area (Å²) in [6, 6.07) is 12.2. The van der Waals surface area contributed by atoms with Gasteiger partial charge in [-0.2, -0.15) is 0 Å². The van der Waals surface area contributed by atoms with E-state index < -0.39 is 11.9 Å². The van der Waals surface area contributed by atoms with Crippen LogP contribution in [0.4, 0.5) is 0 Å². The van der Waals surface area contributed by atoms with Crippen molar-refractivity contribution in [1.82, 2.24) is 0 Å². The molecule has 1 aromatic heterocycles. The van der Waals surface area contributed by atoms with Gasteiger partial charge in [0.15, 0.2) is 0 Å². The fraction of sp³-hybridized carbons (Fsp3) is 0. The van der Waals surface area contributed by atoms with Crippen LogP contribution < -0.4 is 0 Å². The highest BCUT2D eigenvalue weighted by atomic mass is 16.6. The second-order valence-corrected chi connectivity index (χ2v) is 3.43. The zero-order valence-electron chi connectivity index (χ0n) is 9.41. The Morgan fingerprint density at radius 2 is 1.83 bits per heavy atom. The van der Waals surface area contributed by atoms with Gasteiger partial charge in [-0.15, -0.1) is 0 Å². The summed E-state index contributed by atoms with van der Waals surface area (Å²) < 4.78 is 9.37. The van der Waals surface area contributed by atoms with Crippen LogP contribution in [0.15, 0.2) is 59.2 Å². The third-order valence-electron chi connectivity index (χ3n) is 2.13. The van der Waals surface area contributed by atoms with E-state index in [-0.39, 0.29) is 5.76 Å². The average Bonchev–Trinajstić information content (AvgIpc) is 2.91. The monoisotopic (exact) mass is 242 g/mol. The van der Waals surface area contributed by atoms with Crippen LogP contribution in [-0.4, -0.2) is 11.9 Å². The zero-order valence-corrected chi connectivity index (χ0v) is 9.41. The third-order valence-corrected chi connectivity index (χ3v) is 2.13. The molecule has 90 valence electrons. The van der Waals surface area contributed by atoms with Crippen LogP contribution in [0.1, 0.15) is 16.1 Å². The molecule has 4 heteroatoms. The minimum atomic E-state index is -0.803. The van der Waals surface area contributed by atoms with Crippen LogP contribution >= 0.6 is 0 Å². The van der Waals surface area contributed by atoms with Crippen LogP contribution in [0, 0.1) is 0 Å². The van der Waals surface area contributed by atoms with Gasteiger partial charge in [-0.05, 0) is 23.8 Å². The van der Waals surface area contributed by atoms with Crippen molar-refractivity contribution in [3.63, 3.8) is 0 Å². The SMILES string of the molecule is O=C(/C=C/c1ccccc1)OC(=O)c1ccco1. The van der Waals surface area contributed by atoms with E-state index in [1.165, 1.54) is 18.4 Å². The maximum Gasteiger partial charge on any atom is 0.382 e. The van der Waals surface area contributed by atoms with Crippen LogP contribution in [0.5, 0.6) is 0 Å². The van der Waals surface area contributed by atoms with E-state index >= 15 is 0 Å². The normalized spacial score (nSPS) is 10.4. The molecule has 2 aromatic rings. The molecule has 0 bridgehead atoms. The minimum Gasteiger partial charge on any atom is -0.457 e. The van der Waals surface area contributed by atoms with Gasteiger partial charge in [-0.25, -0.2) is 9.59 Å². The largest absolute Gasteiger partial charge is 0.457 e. The Hall–Kier alpha value is -2.62. The van der Waals surface area contributed by atoms with Gasteiger partial charge in [0.05, 0.1) is 6.26 Å². The molecule has 1 heterocycles. The molecule has 4 nitrogen and oxygen atoms in total. The van der Waals surface area contributed by atoms with Gasteiger partial charge >= 0.3 is 11.9 Å². The smallest absolute Gasteiger partial charge is 0.382 e. The van der Waals surface area contributed by atoms with Gasteiger partial charge in [-0.3, -0.25) is 0 Å². The van der Waals surface area contributed by atoms with Gasteiger partial charge in [0.2, 0.25) is 5.76 Å². The van der Waals surface area contributed by atoms with Crippen molar-refractivity contribution < 1.29 is 18.7 Å². The molecule has 0 spiro atoms. The van der Waals surface area contributed by atoms with Crippen molar-refractivity contribution in [1.29, 1.82) is 0 Å². The van der Waals surface area contributed by atoms with E-state index in [0.717, 1.165) is 5.56 Å². The van der Waals surface area contributed by atoms with Crippen LogP contribution in [0.2, 0.25) is 0 Å². The van der Waals surface area contributed by atoms with E-state index in [4.69, 9.17) is 4.42 Å². The lowest BCUT2D eigenvalue weighted by Crippen LogP contribution is -2.09. The molecule has 0 saturated carbocycles. The molecule has 2 rings (SSSR count). The molecule has 0 aliphatic heterocycles. The quantitative estimate of drug-likeness (QED) is 0.471. The summed E-state index contributed by atoms with van der Waals surface area (Å²) >= 11 is 0. The summed E-state index contributed by atoms with van der Waals surface area (Å²) in [6.45, 7) is 0. The first kappa shape index (κ1) is 11.9.